The number of carbonyl (C=O) groups excluding carboxylic acids is 1. The van der Waals surface area contributed by atoms with Crippen molar-refractivity contribution >= 4 is 5.91 Å². The zero-order valence-electron chi connectivity index (χ0n) is 11.6. The molecule has 1 aliphatic carbocycles. The third-order valence-electron chi connectivity index (χ3n) is 3.44. The van der Waals surface area contributed by atoms with Crippen LogP contribution in [-0.2, 0) is 17.9 Å². The summed E-state index contributed by atoms with van der Waals surface area (Å²) in [5.41, 5.74) is -0.279. The van der Waals surface area contributed by atoms with Crippen molar-refractivity contribution < 1.29 is 4.79 Å². The Kier molecular flexibility index (Phi) is 3.81. The van der Waals surface area contributed by atoms with Crippen LogP contribution in [0.25, 0.3) is 0 Å². The van der Waals surface area contributed by atoms with E-state index in [1.807, 2.05) is 6.20 Å². The standard InChI is InChI=1S/C14H17N5O2/c20-12(10-19-13(21)2-1-5-17-19)15-6-8-18-9-7-16-14(18)11-3-4-11/h1-2,5,7,9,11H,3-4,6,8,10H2,(H,15,20). The maximum atomic E-state index is 11.8. The van der Waals surface area contributed by atoms with E-state index < -0.39 is 0 Å². The second-order valence-electron chi connectivity index (χ2n) is 5.12. The maximum Gasteiger partial charge on any atom is 0.267 e. The van der Waals surface area contributed by atoms with Crippen LogP contribution in [0.2, 0.25) is 0 Å². The van der Waals surface area contributed by atoms with Crippen LogP contribution in [0, 0.1) is 0 Å². The van der Waals surface area contributed by atoms with Crippen molar-refractivity contribution in [3.8, 4) is 0 Å². The summed E-state index contributed by atoms with van der Waals surface area (Å²) in [6, 6.07) is 2.93. The summed E-state index contributed by atoms with van der Waals surface area (Å²) in [5.74, 6) is 1.47. The Morgan fingerprint density at radius 3 is 3.00 bits per heavy atom. The predicted octanol–water partition coefficient (Wildman–Crippen LogP) is 0.134. The normalized spacial score (nSPS) is 14.1. The molecule has 1 saturated carbocycles. The van der Waals surface area contributed by atoms with Crippen LogP contribution in [0.1, 0.15) is 24.6 Å². The number of rotatable bonds is 6. The van der Waals surface area contributed by atoms with Gasteiger partial charge in [0.1, 0.15) is 12.4 Å². The highest BCUT2D eigenvalue weighted by Crippen LogP contribution is 2.38. The van der Waals surface area contributed by atoms with Gasteiger partial charge in [0.05, 0.1) is 0 Å². The first kappa shape index (κ1) is 13.5. The summed E-state index contributed by atoms with van der Waals surface area (Å²) in [7, 11) is 0. The molecule has 1 N–H and O–H groups in total. The van der Waals surface area contributed by atoms with E-state index >= 15 is 0 Å². The van der Waals surface area contributed by atoms with Gasteiger partial charge in [-0.1, -0.05) is 0 Å². The Morgan fingerprint density at radius 1 is 1.38 bits per heavy atom. The van der Waals surface area contributed by atoms with Crippen LogP contribution in [0.15, 0.2) is 35.5 Å². The average Bonchev–Trinajstić information content (AvgIpc) is 3.21. The Bertz CT molecular complexity index is 686. The molecule has 0 aromatic carbocycles. The first-order valence-corrected chi connectivity index (χ1v) is 7.04. The Balaban J connectivity index is 1.49. The van der Waals surface area contributed by atoms with Crippen molar-refractivity contribution in [3.63, 3.8) is 0 Å². The number of aromatic nitrogens is 4. The van der Waals surface area contributed by atoms with E-state index in [9.17, 15) is 9.59 Å². The van der Waals surface area contributed by atoms with Crippen LogP contribution in [0.5, 0.6) is 0 Å². The van der Waals surface area contributed by atoms with E-state index in [0.717, 1.165) is 10.5 Å². The average molecular weight is 287 g/mol. The monoisotopic (exact) mass is 287 g/mol. The summed E-state index contributed by atoms with van der Waals surface area (Å²) in [6.07, 6.45) is 7.62. The highest BCUT2D eigenvalue weighted by molar-refractivity contribution is 5.75. The summed E-state index contributed by atoms with van der Waals surface area (Å²) >= 11 is 0. The quantitative estimate of drug-likeness (QED) is 0.819. The molecule has 7 heteroatoms. The minimum Gasteiger partial charge on any atom is -0.353 e. The first-order valence-electron chi connectivity index (χ1n) is 7.04. The van der Waals surface area contributed by atoms with Crippen LogP contribution >= 0.6 is 0 Å². The number of carbonyl (C=O) groups is 1. The molecule has 1 amide bonds. The van der Waals surface area contributed by atoms with Gasteiger partial charge < -0.3 is 9.88 Å². The molecular formula is C14H17N5O2. The molecule has 110 valence electrons. The Morgan fingerprint density at radius 2 is 2.24 bits per heavy atom. The van der Waals surface area contributed by atoms with E-state index in [4.69, 9.17) is 0 Å². The number of imidazole rings is 1. The highest BCUT2D eigenvalue weighted by atomic mass is 16.2. The van der Waals surface area contributed by atoms with Gasteiger partial charge in [-0.15, -0.1) is 0 Å². The lowest BCUT2D eigenvalue weighted by Crippen LogP contribution is -2.34. The van der Waals surface area contributed by atoms with Gasteiger partial charge in [-0.2, -0.15) is 5.10 Å². The summed E-state index contributed by atoms with van der Waals surface area (Å²) in [6.45, 7) is 1.14. The second-order valence-corrected chi connectivity index (χ2v) is 5.12. The smallest absolute Gasteiger partial charge is 0.267 e. The second kappa shape index (κ2) is 5.90. The first-order chi connectivity index (χ1) is 10.2. The number of nitrogens with zero attached hydrogens (tertiary/aromatic N) is 4. The summed E-state index contributed by atoms with van der Waals surface area (Å²) in [5, 5.41) is 6.65. The van der Waals surface area contributed by atoms with E-state index in [-0.39, 0.29) is 18.0 Å². The molecule has 0 radical (unpaired) electrons. The van der Waals surface area contributed by atoms with Gasteiger partial charge in [-0.3, -0.25) is 9.59 Å². The van der Waals surface area contributed by atoms with Gasteiger partial charge in [-0.25, -0.2) is 9.67 Å². The lowest BCUT2D eigenvalue weighted by atomic mass is 10.4. The molecule has 0 bridgehead atoms. The minimum atomic E-state index is -0.279. The zero-order valence-corrected chi connectivity index (χ0v) is 11.6. The van der Waals surface area contributed by atoms with E-state index in [1.54, 1.807) is 12.3 Å². The van der Waals surface area contributed by atoms with Crippen molar-refractivity contribution in [1.29, 1.82) is 0 Å². The van der Waals surface area contributed by atoms with Crippen molar-refractivity contribution in [3.05, 3.63) is 46.9 Å². The van der Waals surface area contributed by atoms with E-state index in [0.29, 0.717) is 19.0 Å². The lowest BCUT2D eigenvalue weighted by molar-refractivity contribution is -0.121. The SMILES string of the molecule is O=C(Cn1ncccc1=O)NCCn1ccnc1C1CC1. The fourth-order valence-electron chi connectivity index (χ4n) is 2.22. The van der Waals surface area contributed by atoms with Crippen LogP contribution in [0.4, 0.5) is 0 Å². The minimum absolute atomic E-state index is 0.0565. The van der Waals surface area contributed by atoms with Crippen molar-refractivity contribution in [2.75, 3.05) is 6.54 Å². The number of amides is 1. The third-order valence-corrected chi connectivity index (χ3v) is 3.44. The molecule has 0 atom stereocenters. The Labute approximate surface area is 121 Å². The summed E-state index contributed by atoms with van der Waals surface area (Å²) < 4.78 is 3.22. The number of hydrogen-bond donors (Lipinski definition) is 1. The van der Waals surface area contributed by atoms with E-state index in [2.05, 4.69) is 20.0 Å². The molecule has 2 aromatic rings. The number of hydrogen-bond acceptors (Lipinski definition) is 4. The molecule has 0 spiro atoms. The highest BCUT2D eigenvalue weighted by Gasteiger charge is 2.27. The molecule has 7 nitrogen and oxygen atoms in total. The van der Waals surface area contributed by atoms with Gasteiger partial charge >= 0.3 is 0 Å². The van der Waals surface area contributed by atoms with Crippen LogP contribution < -0.4 is 10.9 Å². The fraction of sp³-hybridized carbons (Fsp3) is 0.429. The van der Waals surface area contributed by atoms with E-state index in [1.165, 1.54) is 25.1 Å². The third kappa shape index (κ3) is 3.36. The molecule has 2 aromatic heterocycles. The molecular weight excluding hydrogens is 270 g/mol. The molecule has 21 heavy (non-hydrogen) atoms. The number of nitrogens with one attached hydrogen (secondary N) is 1. The van der Waals surface area contributed by atoms with Crippen LogP contribution in [-0.4, -0.2) is 31.8 Å². The lowest BCUT2D eigenvalue weighted by Gasteiger charge is -2.09. The van der Waals surface area contributed by atoms with Gasteiger partial charge in [0.25, 0.3) is 5.56 Å². The molecule has 3 rings (SSSR count). The van der Waals surface area contributed by atoms with Crippen molar-refractivity contribution in [1.82, 2.24) is 24.6 Å². The Hall–Kier alpha value is -2.44. The summed E-state index contributed by atoms with van der Waals surface area (Å²) in [4.78, 5) is 27.6. The topological polar surface area (TPSA) is 81.8 Å². The van der Waals surface area contributed by atoms with Gasteiger partial charge in [0.15, 0.2) is 0 Å². The largest absolute Gasteiger partial charge is 0.353 e. The fourth-order valence-corrected chi connectivity index (χ4v) is 2.22. The van der Waals surface area contributed by atoms with Crippen molar-refractivity contribution in [2.24, 2.45) is 0 Å². The molecule has 1 aliphatic rings. The van der Waals surface area contributed by atoms with Gasteiger partial charge in [-0.05, 0) is 18.9 Å². The molecule has 0 saturated heterocycles. The predicted molar refractivity (Wildman–Crippen MR) is 75.7 cm³/mol. The maximum absolute atomic E-state index is 11.8. The van der Waals surface area contributed by atoms with Crippen LogP contribution in [0.3, 0.4) is 0 Å². The molecule has 1 fully saturated rings. The molecule has 0 aliphatic heterocycles. The molecule has 2 heterocycles. The van der Waals surface area contributed by atoms with Gasteiger partial charge in [0.2, 0.25) is 5.91 Å². The molecule has 0 unspecified atom stereocenters. The van der Waals surface area contributed by atoms with Crippen molar-refractivity contribution in [2.45, 2.75) is 31.8 Å². The van der Waals surface area contributed by atoms with Gasteiger partial charge in [0, 0.05) is 43.7 Å². The zero-order chi connectivity index (χ0) is 14.7.